The quantitative estimate of drug-likeness (QED) is 0.839. The van der Waals surface area contributed by atoms with E-state index in [1.54, 1.807) is 23.1 Å². The van der Waals surface area contributed by atoms with Gasteiger partial charge in [-0.3, -0.25) is 4.79 Å². The number of thioether (sulfide) groups is 1. The predicted molar refractivity (Wildman–Crippen MR) is 95.7 cm³/mol. The fourth-order valence-corrected chi connectivity index (χ4v) is 4.28. The SMILES string of the molecule is Cc1oc(-c2cccs2)nc1CSC(C)C(=O)NC1CCCC1. The maximum Gasteiger partial charge on any atom is 0.236 e. The van der Waals surface area contributed by atoms with E-state index in [1.807, 2.05) is 31.4 Å². The normalized spacial score (nSPS) is 16.6. The van der Waals surface area contributed by atoms with E-state index in [-0.39, 0.29) is 11.2 Å². The van der Waals surface area contributed by atoms with Crippen molar-refractivity contribution >= 4 is 29.0 Å². The molecule has 23 heavy (non-hydrogen) atoms. The van der Waals surface area contributed by atoms with E-state index >= 15 is 0 Å². The molecule has 1 amide bonds. The maximum atomic E-state index is 12.2. The second-order valence-electron chi connectivity index (χ2n) is 5.94. The summed E-state index contributed by atoms with van der Waals surface area (Å²) in [6.45, 7) is 3.90. The number of hydrogen-bond acceptors (Lipinski definition) is 5. The fraction of sp³-hybridized carbons (Fsp3) is 0.529. The summed E-state index contributed by atoms with van der Waals surface area (Å²) in [5, 5.41) is 5.10. The van der Waals surface area contributed by atoms with Gasteiger partial charge in [0.25, 0.3) is 0 Å². The molecule has 1 unspecified atom stereocenters. The standard InChI is InChI=1S/C17H22N2O2S2/c1-11-14(19-17(21-11)15-8-5-9-22-15)10-23-12(2)16(20)18-13-6-3-4-7-13/h5,8-9,12-13H,3-4,6-7,10H2,1-2H3,(H,18,20). The summed E-state index contributed by atoms with van der Waals surface area (Å²) in [6, 6.07) is 4.37. The number of amides is 1. The molecule has 0 saturated heterocycles. The third-order valence-electron chi connectivity index (χ3n) is 4.17. The Hall–Kier alpha value is -1.27. The number of carbonyl (C=O) groups excluding carboxylic acids is 1. The van der Waals surface area contributed by atoms with Crippen molar-refractivity contribution in [3.05, 3.63) is 29.0 Å². The zero-order chi connectivity index (χ0) is 16.2. The Morgan fingerprint density at radius 3 is 3.00 bits per heavy atom. The number of aryl methyl sites for hydroxylation is 1. The Morgan fingerprint density at radius 2 is 2.30 bits per heavy atom. The Labute approximate surface area is 145 Å². The van der Waals surface area contributed by atoms with Gasteiger partial charge >= 0.3 is 0 Å². The summed E-state index contributed by atoms with van der Waals surface area (Å²) in [5.74, 6) is 2.35. The highest BCUT2D eigenvalue weighted by molar-refractivity contribution is 7.99. The van der Waals surface area contributed by atoms with Crippen LogP contribution in [0.5, 0.6) is 0 Å². The number of hydrogen-bond donors (Lipinski definition) is 1. The van der Waals surface area contributed by atoms with Crippen molar-refractivity contribution in [2.24, 2.45) is 0 Å². The Morgan fingerprint density at radius 1 is 1.52 bits per heavy atom. The lowest BCUT2D eigenvalue weighted by atomic mass is 10.2. The van der Waals surface area contributed by atoms with Gasteiger partial charge in [-0.25, -0.2) is 4.98 Å². The minimum Gasteiger partial charge on any atom is -0.440 e. The van der Waals surface area contributed by atoms with E-state index in [9.17, 15) is 4.79 Å². The lowest BCUT2D eigenvalue weighted by Crippen LogP contribution is -2.37. The molecule has 2 aromatic heterocycles. The highest BCUT2D eigenvalue weighted by atomic mass is 32.2. The Balaban J connectivity index is 1.54. The first-order valence-electron chi connectivity index (χ1n) is 8.05. The number of carbonyl (C=O) groups is 1. The molecule has 6 heteroatoms. The number of rotatable bonds is 6. The zero-order valence-corrected chi connectivity index (χ0v) is 15.1. The lowest BCUT2D eigenvalue weighted by molar-refractivity contribution is -0.120. The molecule has 1 fully saturated rings. The van der Waals surface area contributed by atoms with Crippen molar-refractivity contribution in [3.8, 4) is 10.8 Å². The van der Waals surface area contributed by atoms with Crippen LogP contribution in [0.25, 0.3) is 10.8 Å². The first-order valence-corrected chi connectivity index (χ1v) is 9.98. The van der Waals surface area contributed by atoms with Gasteiger partial charge in [0.15, 0.2) is 0 Å². The van der Waals surface area contributed by atoms with Crippen LogP contribution in [0.15, 0.2) is 21.9 Å². The van der Waals surface area contributed by atoms with E-state index < -0.39 is 0 Å². The van der Waals surface area contributed by atoms with Crippen molar-refractivity contribution in [1.82, 2.24) is 10.3 Å². The second kappa shape index (κ2) is 7.53. The van der Waals surface area contributed by atoms with E-state index in [1.165, 1.54) is 12.8 Å². The number of nitrogens with zero attached hydrogens (tertiary/aromatic N) is 1. The Bertz CT molecular complexity index is 646. The topological polar surface area (TPSA) is 55.1 Å². The molecule has 2 aromatic rings. The largest absolute Gasteiger partial charge is 0.440 e. The molecule has 0 aromatic carbocycles. The summed E-state index contributed by atoms with van der Waals surface area (Å²) < 4.78 is 5.74. The first-order chi connectivity index (χ1) is 11.1. The molecule has 2 heterocycles. The van der Waals surface area contributed by atoms with Gasteiger partial charge in [0.1, 0.15) is 5.76 Å². The smallest absolute Gasteiger partial charge is 0.236 e. The predicted octanol–water partition coefficient (Wildman–Crippen LogP) is 4.39. The van der Waals surface area contributed by atoms with E-state index in [2.05, 4.69) is 10.3 Å². The molecule has 124 valence electrons. The molecular weight excluding hydrogens is 328 g/mol. The van der Waals surface area contributed by atoms with E-state index in [4.69, 9.17) is 4.42 Å². The van der Waals surface area contributed by atoms with Crippen LogP contribution >= 0.6 is 23.1 Å². The number of oxazole rings is 1. The molecule has 1 N–H and O–H groups in total. The fourth-order valence-electron chi connectivity index (χ4n) is 2.74. The van der Waals surface area contributed by atoms with Gasteiger partial charge in [0.2, 0.25) is 11.8 Å². The molecule has 4 nitrogen and oxygen atoms in total. The minimum absolute atomic E-state index is 0.0723. The van der Waals surface area contributed by atoms with Crippen LogP contribution in [-0.2, 0) is 10.5 Å². The van der Waals surface area contributed by atoms with Crippen molar-refractivity contribution in [2.45, 2.75) is 56.6 Å². The van der Waals surface area contributed by atoms with E-state index in [0.29, 0.717) is 17.7 Å². The van der Waals surface area contributed by atoms with Gasteiger partial charge in [-0.05, 0) is 38.1 Å². The van der Waals surface area contributed by atoms with Crippen LogP contribution in [0.1, 0.15) is 44.1 Å². The molecule has 0 bridgehead atoms. The molecule has 1 aliphatic rings. The zero-order valence-electron chi connectivity index (χ0n) is 13.5. The highest BCUT2D eigenvalue weighted by Gasteiger charge is 2.21. The molecular formula is C17H22N2O2S2. The summed E-state index contributed by atoms with van der Waals surface area (Å²) in [5.41, 5.74) is 0.930. The molecule has 0 aliphatic heterocycles. The third-order valence-corrected chi connectivity index (χ3v) is 6.18. The van der Waals surface area contributed by atoms with E-state index in [0.717, 1.165) is 29.2 Å². The molecule has 3 rings (SSSR count). The third kappa shape index (κ3) is 4.18. The van der Waals surface area contributed by atoms with Crippen molar-refractivity contribution in [2.75, 3.05) is 0 Å². The summed E-state index contributed by atoms with van der Waals surface area (Å²) in [4.78, 5) is 17.8. The Kier molecular flexibility index (Phi) is 5.43. The van der Waals surface area contributed by atoms with Crippen molar-refractivity contribution in [1.29, 1.82) is 0 Å². The van der Waals surface area contributed by atoms with Gasteiger partial charge in [0.05, 0.1) is 15.8 Å². The molecule has 1 atom stereocenters. The molecule has 0 radical (unpaired) electrons. The monoisotopic (exact) mass is 350 g/mol. The molecule has 0 spiro atoms. The second-order valence-corrected chi connectivity index (χ2v) is 8.22. The van der Waals surface area contributed by atoms with Crippen molar-refractivity contribution < 1.29 is 9.21 Å². The van der Waals surface area contributed by atoms with Gasteiger partial charge < -0.3 is 9.73 Å². The van der Waals surface area contributed by atoms with Gasteiger partial charge in [-0.1, -0.05) is 18.9 Å². The highest BCUT2D eigenvalue weighted by Crippen LogP contribution is 2.28. The summed E-state index contributed by atoms with van der Waals surface area (Å²) >= 11 is 3.23. The van der Waals surface area contributed by atoms with Crippen LogP contribution in [0.4, 0.5) is 0 Å². The number of aromatic nitrogens is 1. The summed E-state index contributed by atoms with van der Waals surface area (Å²) in [7, 11) is 0. The molecule has 1 saturated carbocycles. The van der Waals surface area contributed by atoms with Crippen LogP contribution < -0.4 is 5.32 Å². The maximum absolute atomic E-state index is 12.2. The van der Waals surface area contributed by atoms with Crippen LogP contribution in [-0.4, -0.2) is 22.2 Å². The van der Waals surface area contributed by atoms with Crippen LogP contribution in [0.2, 0.25) is 0 Å². The van der Waals surface area contributed by atoms with Gasteiger partial charge in [0, 0.05) is 11.8 Å². The lowest BCUT2D eigenvalue weighted by Gasteiger charge is -2.16. The van der Waals surface area contributed by atoms with Crippen LogP contribution in [0, 0.1) is 6.92 Å². The van der Waals surface area contributed by atoms with Crippen molar-refractivity contribution in [3.63, 3.8) is 0 Å². The number of nitrogens with one attached hydrogen (secondary N) is 1. The average molecular weight is 351 g/mol. The summed E-state index contributed by atoms with van der Waals surface area (Å²) in [6.07, 6.45) is 4.71. The average Bonchev–Trinajstić information content (AvgIpc) is 3.26. The minimum atomic E-state index is -0.0723. The van der Waals surface area contributed by atoms with Gasteiger partial charge in [-0.15, -0.1) is 23.1 Å². The first kappa shape index (κ1) is 16.6. The molecule has 1 aliphatic carbocycles. The van der Waals surface area contributed by atoms with Crippen LogP contribution in [0.3, 0.4) is 0 Å². The van der Waals surface area contributed by atoms with Gasteiger partial charge in [-0.2, -0.15) is 0 Å². The number of thiophene rings is 1.